The zero-order valence-electron chi connectivity index (χ0n) is 12.7. The number of rotatable bonds is 7. The fourth-order valence-electron chi connectivity index (χ4n) is 2.02. The van der Waals surface area contributed by atoms with Gasteiger partial charge in [-0.25, -0.2) is 0 Å². The van der Waals surface area contributed by atoms with Gasteiger partial charge in [-0.2, -0.15) is 0 Å². The molecule has 0 radical (unpaired) electrons. The van der Waals surface area contributed by atoms with E-state index in [1.54, 1.807) is 7.05 Å². The normalized spacial score (nSPS) is 18.9. The van der Waals surface area contributed by atoms with E-state index in [1.807, 2.05) is 0 Å². The number of aliphatic imine (C=N–C) groups is 2. The van der Waals surface area contributed by atoms with Gasteiger partial charge in [-0.1, -0.05) is 0 Å². The van der Waals surface area contributed by atoms with Crippen molar-refractivity contribution >= 4 is 23.7 Å². The van der Waals surface area contributed by atoms with E-state index >= 15 is 0 Å². The predicted molar refractivity (Wildman–Crippen MR) is 83.7 cm³/mol. The standard InChI is InChI=1S/C12H24N8O2/c1-20(8-6-18-12(16)19-10(8)22)9(21)5-7(13)3-2-4-17-11(14)15/h7-8H,2-6,13H2,1H3,(H4,14,15,17)(H3,16,18,19,22)/t7-,8-/m0/s1. The van der Waals surface area contributed by atoms with Gasteiger partial charge in [-0.05, 0) is 12.8 Å². The maximum absolute atomic E-state index is 12.1. The average Bonchev–Trinajstić information content (AvgIpc) is 2.42. The molecule has 0 unspecified atom stereocenters. The lowest BCUT2D eigenvalue weighted by molar-refractivity contribution is -0.138. The first-order chi connectivity index (χ1) is 10.3. The monoisotopic (exact) mass is 312 g/mol. The number of likely N-dealkylation sites (N-methyl/N-ethyl adjacent to an activating group) is 1. The summed E-state index contributed by atoms with van der Waals surface area (Å²) in [6.07, 6.45) is 1.43. The highest BCUT2D eigenvalue weighted by molar-refractivity contribution is 6.01. The molecule has 9 N–H and O–H groups in total. The average molecular weight is 312 g/mol. The van der Waals surface area contributed by atoms with Crippen LogP contribution in [0.3, 0.4) is 0 Å². The summed E-state index contributed by atoms with van der Waals surface area (Å²) in [5.41, 5.74) is 21.7. The highest BCUT2D eigenvalue weighted by atomic mass is 16.2. The van der Waals surface area contributed by atoms with Crippen molar-refractivity contribution in [2.24, 2.45) is 32.9 Å². The summed E-state index contributed by atoms with van der Waals surface area (Å²) in [6.45, 7) is 0.624. The summed E-state index contributed by atoms with van der Waals surface area (Å²) < 4.78 is 0. The number of nitrogens with one attached hydrogen (secondary N) is 1. The summed E-state index contributed by atoms with van der Waals surface area (Å²) in [7, 11) is 1.55. The van der Waals surface area contributed by atoms with Gasteiger partial charge in [0.05, 0.1) is 6.54 Å². The molecule has 1 aliphatic heterocycles. The van der Waals surface area contributed by atoms with E-state index in [0.717, 1.165) is 0 Å². The van der Waals surface area contributed by atoms with Crippen molar-refractivity contribution in [3.63, 3.8) is 0 Å². The van der Waals surface area contributed by atoms with Gasteiger partial charge in [0.1, 0.15) is 6.04 Å². The Labute approximate surface area is 129 Å². The Balaban J connectivity index is 2.40. The van der Waals surface area contributed by atoms with Crippen molar-refractivity contribution in [1.82, 2.24) is 10.2 Å². The van der Waals surface area contributed by atoms with Crippen LogP contribution in [-0.2, 0) is 9.59 Å². The topological polar surface area (TPSA) is 178 Å². The lowest BCUT2D eigenvalue weighted by atomic mass is 10.1. The molecule has 0 aromatic carbocycles. The maximum atomic E-state index is 12.1. The first-order valence-corrected chi connectivity index (χ1v) is 6.98. The third kappa shape index (κ3) is 5.56. The molecule has 124 valence electrons. The summed E-state index contributed by atoms with van der Waals surface area (Å²) >= 11 is 0. The van der Waals surface area contributed by atoms with Crippen molar-refractivity contribution in [3.8, 4) is 0 Å². The largest absolute Gasteiger partial charge is 0.370 e. The Kier molecular flexibility index (Phi) is 6.57. The van der Waals surface area contributed by atoms with Gasteiger partial charge < -0.3 is 27.8 Å². The molecular formula is C12H24N8O2. The minimum atomic E-state index is -0.659. The zero-order valence-corrected chi connectivity index (χ0v) is 12.7. The van der Waals surface area contributed by atoms with Crippen LogP contribution in [0.15, 0.2) is 9.98 Å². The Morgan fingerprint density at radius 3 is 2.82 bits per heavy atom. The fraction of sp³-hybridized carbons (Fsp3) is 0.667. The van der Waals surface area contributed by atoms with Gasteiger partial charge in [0.25, 0.3) is 5.91 Å². The highest BCUT2D eigenvalue weighted by Crippen LogP contribution is 2.07. The minimum absolute atomic E-state index is 0.0347. The molecule has 0 aromatic heterocycles. The van der Waals surface area contributed by atoms with Crippen molar-refractivity contribution in [1.29, 1.82) is 0 Å². The van der Waals surface area contributed by atoms with Crippen molar-refractivity contribution in [3.05, 3.63) is 0 Å². The van der Waals surface area contributed by atoms with E-state index in [4.69, 9.17) is 22.9 Å². The van der Waals surface area contributed by atoms with E-state index in [2.05, 4.69) is 15.3 Å². The van der Waals surface area contributed by atoms with Crippen LogP contribution in [0.2, 0.25) is 0 Å². The number of nitrogens with zero attached hydrogens (tertiary/aromatic N) is 3. The first kappa shape index (κ1) is 17.7. The lowest BCUT2D eigenvalue weighted by Gasteiger charge is -2.29. The van der Waals surface area contributed by atoms with Crippen LogP contribution < -0.4 is 28.3 Å². The number of hydrogen-bond acceptors (Lipinski definition) is 6. The third-order valence-electron chi connectivity index (χ3n) is 3.31. The minimum Gasteiger partial charge on any atom is -0.370 e. The number of carbonyl (C=O) groups is 2. The number of nitrogens with two attached hydrogens (primary N) is 4. The van der Waals surface area contributed by atoms with E-state index in [1.165, 1.54) is 4.90 Å². The van der Waals surface area contributed by atoms with Crippen LogP contribution in [0.4, 0.5) is 0 Å². The Hall–Kier alpha value is -2.36. The number of hydrogen-bond donors (Lipinski definition) is 5. The number of carbonyl (C=O) groups excluding carboxylic acids is 2. The Morgan fingerprint density at radius 2 is 2.23 bits per heavy atom. The second-order valence-corrected chi connectivity index (χ2v) is 5.15. The van der Waals surface area contributed by atoms with Crippen molar-refractivity contribution in [2.45, 2.75) is 31.3 Å². The Morgan fingerprint density at radius 1 is 1.55 bits per heavy atom. The lowest BCUT2D eigenvalue weighted by Crippen LogP contribution is -2.56. The zero-order chi connectivity index (χ0) is 16.7. The molecule has 1 rings (SSSR count). The van der Waals surface area contributed by atoms with Crippen LogP contribution >= 0.6 is 0 Å². The van der Waals surface area contributed by atoms with Crippen LogP contribution in [0.25, 0.3) is 0 Å². The van der Waals surface area contributed by atoms with Gasteiger partial charge in [0, 0.05) is 26.1 Å². The number of amides is 2. The van der Waals surface area contributed by atoms with Gasteiger partial charge in [0.2, 0.25) is 5.91 Å². The molecule has 1 heterocycles. The SMILES string of the molecule is CN(C(=O)C[C@@H](N)CCCN=C(N)N)[C@H]1CN=C(N)NC1=O. The molecule has 10 heteroatoms. The first-order valence-electron chi connectivity index (χ1n) is 6.98. The van der Waals surface area contributed by atoms with Crippen molar-refractivity contribution in [2.75, 3.05) is 20.1 Å². The smallest absolute Gasteiger partial charge is 0.251 e. The van der Waals surface area contributed by atoms with Gasteiger partial charge >= 0.3 is 0 Å². The quantitative estimate of drug-likeness (QED) is 0.190. The Bertz CT molecular complexity index is 472. The van der Waals surface area contributed by atoms with Crippen LogP contribution in [-0.4, -0.2) is 60.9 Å². The second-order valence-electron chi connectivity index (χ2n) is 5.15. The van der Waals surface area contributed by atoms with Gasteiger partial charge in [-0.3, -0.25) is 24.9 Å². The molecule has 2 atom stereocenters. The van der Waals surface area contributed by atoms with Crippen molar-refractivity contribution < 1.29 is 9.59 Å². The molecule has 0 fully saturated rings. The van der Waals surface area contributed by atoms with Crippen LogP contribution in [0.1, 0.15) is 19.3 Å². The fourth-order valence-corrected chi connectivity index (χ4v) is 2.02. The van der Waals surface area contributed by atoms with E-state index in [-0.39, 0.29) is 42.7 Å². The number of guanidine groups is 2. The second kappa shape index (κ2) is 8.17. The molecular weight excluding hydrogens is 288 g/mol. The van der Waals surface area contributed by atoms with E-state index < -0.39 is 6.04 Å². The molecule has 0 aromatic rings. The summed E-state index contributed by atoms with van der Waals surface area (Å²) in [6, 6.07) is -0.974. The van der Waals surface area contributed by atoms with Crippen LogP contribution in [0, 0.1) is 0 Å². The molecule has 22 heavy (non-hydrogen) atoms. The van der Waals surface area contributed by atoms with E-state index in [0.29, 0.717) is 19.4 Å². The molecule has 2 amide bonds. The molecule has 10 nitrogen and oxygen atoms in total. The molecule has 0 spiro atoms. The highest BCUT2D eigenvalue weighted by Gasteiger charge is 2.30. The molecule has 0 saturated carbocycles. The molecule has 0 aliphatic carbocycles. The predicted octanol–water partition coefficient (Wildman–Crippen LogP) is -2.97. The third-order valence-corrected chi connectivity index (χ3v) is 3.31. The molecule has 0 bridgehead atoms. The maximum Gasteiger partial charge on any atom is 0.251 e. The van der Waals surface area contributed by atoms with Gasteiger partial charge in [0.15, 0.2) is 11.9 Å². The molecule has 1 aliphatic rings. The van der Waals surface area contributed by atoms with E-state index in [9.17, 15) is 9.59 Å². The molecule has 0 saturated heterocycles. The van der Waals surface area contributed by atoms with Crippen LogP contribution in [0.5, 0.6) is 0 Å². The van der Waals surface area contributed by atoms with Gasteiger partial charge in [-0.15, -0.1) is 0 Å². The summed E-state index contributed by atoms with van der Waals surface area (Å²) in [5, 5.41) is 2.40. The summed E-state index contributed by atoms with van der Waals surface area (Å²) in [5.74, 6) is -0.458. The summed E-state index contributed by atoms with van der Waals surface area (Å²) in [4.78, 5) is 33.0.